The molecule has 0 unspecified atom stereocenters. The van der Waals surface area contributed by atoms with E-state index in [1.165, 1.54) is 35.4 Å². The number of piperazine rings is 1. The van der Waals surface area contributed by atoms with Crippen molar-refractivity contribution in [2.45, 2.75) is 12.7 Å². The van der Waals surface area contributed by atoms with Gasteiger partial charge in [0, 0.05) is 18.8 Å². The van der Waals surface area contributed by atoms with E-state index in [0.717, 1.165) is 24.3 Å². The van der Waals surface area contributed by atoms with Crippen LogP contribution in [-0.2, 0) is 4.79 Å². The van der Waals surface area contributed by atoms with Gasteiger partial charge in [0.1, 0.15) is 11.5 Å². The van der Waals surface area contributed by atoms with E-state index in [9.17, 15) is 31.1 Å². The molecule has 2 heterocycles. The summed E-state index contributed by atoms with van der Waals surface area (Å²) in [6, 6.07) is 9.68. The van der Waals surface area contributed by atoms with Gasteiger partial charge in [-0.15, -0.1) is 26.3 Å². The van der Waals surface area contributed by atoms with Crippen LogP contribution in [0.3, 0.4) is 0 Å². The number of anilines is 4. The van der Waals surface area contributed by atoms with Crippen LogP contribution in [0.1, 0.15) is 5.56 Å². The maximum Gasteiger partial charge on any atom is 0.573 e. The molecule has 3 N–H and O–H groups in total. The van der Waals surface area contributed by atoms with Crippen LogP contribution in [-0.4, -0.2) is 59.4 Å². The number of halogens is 6. The van der Waals surface area contributed by atoms with Crippen LogP contribution in [0.5, 0.6) is 11.5 Å². The first-order valence-electron chi connectivity index (χ1n) is 11.0. The molecular weight excluding hydrogens is 538 g/mol. The van der Waals surface area contributed by atoms with E-state index in [2.05, 4.69) is 45.6 Å². The Bertz CT molecular complexity index is 1320. The first-order chi connectivity index (χ1) is 18.4. The first kappa shape index (κ1) is 27.4. The molecule has 1 saturated heterocycles. The summed E-state index contributed by atoms with van der Waals surface area (Å²) < 4.78 is 81.8. The highest BCUT2D eigenvalue weighted by molar-refractivity contribution is 5.94. The van der Waals surface area contributed by atoms with Crippen molar-refractivity contribution in [3.05, 3.63) is 54.1 Å². The van der Waals surface area contributed by atoms with E-state index in [0.29, 0.717) is 17.8 Å². The first-order valence-corrected chi connectivity index (χ1v) is 11.0. The number of hydrogen-bond acceptors (Lipinski definition) is 10. The lowest BCUT2D eigenvalue weighted by Gasteiger charge is -2.25. The predicted molar refractivity (Wildman–Crippen MR) is 126 cm³/mol. The fourth-order valence-corrected chi connectivity index (χ4v) is 3.20. The second-order valence-electron chi connectivity index (χ2n) is 7.69. The normalized spacial score (nSPS) is 14.4. The topological polar surface area (TPSA) is 126 Å². The van der Waals surface area contributed by atoms with Crippen LogP contribution >= 0.6 is 0 Å². The van der Waals surface area contributed by atoms with E-state index in [-0.39, 0.29) is 36.8 Å². The number of amides is 1. The highest BCUT2D eigenvalue weighted by atomic mass is 19.4. The smallest absolute Gasteiger partial charge is 0.406 e. The molecule has 1 aromatic heterocycles. The van der Waals surface area contributed by atoms with Crippen LogP contribution in [0.2, 0.25) is 0 Å². The molecule has 1 aliphatic heterocycles. The largest absolute Gasteiger partial charge is 0.573 e. The van der Waals surface area contributed by atoms with E-state index in [1.54, 1.807) is 0 Å². The summed E-state index contributed by atoms with van der Waals surface area (Å²) in [6.45, 7) is 0.806. The molecule has 0 spiro atoms. The minimum Gasteiger partial charge on any atom is -0.406 e. The number of hydrazone groups is 1. The number of alkyl halides is 6. The predicted octanol–water partition coefficient (Wildman–Crippen LogP) is 3.79. The number of ether oxygens (including phenoxy) is 2. The van der Waals surface area contributed by atoms with Crippen molar-refractivity contribution < 1.29 is 40.6 Å². The molecule has 2 aromatic carbocycles. The van der Waals surface area contributed by atoms with Crippen LogP contribution in [0.15, 0.2) is 53.6 Å². The quantitative estimate of drug-likeness (QED) is 0.216. The third kappa shape index (κ3) is 8.42. The molecular formula is C22H18F6N8O3. The molecule has 1 fully saturated rings. The minimum atomic E-state index is -4.84. The highest BCUT2D eigenvalue weighted by Gasteiger charge is 2.31. The number of aromatic nitrogens is 3. The molecule has 1 amide bonds. The van der Waals surface area contributed by atoms with Gasteiger partial charge in [-0.2, -0.15) is 20.1 Å². The van der Waals surface area contributed by atoms with Crippen LogP contribution in [0, 0.1) is 0 Å². The van der Waals surface area contributed by atoms with Crippen LogP contribution in [0.25, 0.3) is 0 Å². The van der Waals surface area contributed by atoms with Crippen molar-refractivity contribution >= 4 is 35.7 Å². The summed E-state index contributed by atoms with van der Waals surface area (Å²) in [5.74, 6) is -1.29. The fraction of sp³-hybridized carbons (Fsp3) is 0.227. The Labute approximate surface area is 215 Å². The zero-order chi connectivity index (χ0) is 28.0. The molecule has 1 aliphatic rings. The van der Waals surface area contributed by atoms with Crippen molar-refractivity contribution in [3.8, 4) is 11.5 Å². The van der Waals surface area contributed by atoms with Gasteiger partial charge in [-0.3, -0.25) is 9.69 Å². The van der Waals surface area contributed by atoms with Gasteiger partial charge in [0.05, 0.1) is 12.8 Å². The maximum atomic E-state index is 12.4. The van der Waals surface area contributed by atoms with Gasteiger partial charge < -0.3 is 20.1 Å². The molecule has 0 aliphatic carbocycles. The van der Waals surface area contributed by atoms with Crippen molar-refractivity contribution in [2.75, 3.05) is 35.3 Å². The van der Waals surface area contributed by atoms with Gasteiger partial charge in [-0.1, -0.05) is 0 Å². The summed E-state index contributed by atoms with van der Waals surface area (Å²) in [6.07, 6.45) is -8.37. The molecule has 206 valence electrons. The van der Waals surface area contributed by atoms with Crippen molar-refractivity contribution in [1.29, 1.82) is 0 Å². The van der Waals surface area contributed by atoms with Crippen LogP contribution < -0.4 is 30.4 Å². The third-order valence-corrected chi connectivity index (χ3v) is 4.79. The molecule has 39 heavy (non-hydrogen) atoms. The molecule has 17 heteroatoms. The Morgan fingerprint density at radius 1 is 0.872 bits per heavy atom. The average Bonchev–Trinajstić information content (AvgIpc) is 2.85. The lowest BCUT2D eigenvalue weighted by Crippen LogP contribution is -2.49. The zero-order valence-electron chi connectivity index (χ0n) is 19.5. The van der Waals surface area contributed by atoms with Crippen molar-refractivity contribution in [3.63, 3.8) is 0 Å². The molecule has 11 nitrogen and oxygen atoms in total. The van der Waals surface area contributed by atoms with Gasteiger partial charge >= 0.3 is 12.7 Å². The minimum absolute atomic E-state index is 0.0117. The third-order valence-electron chi connectivity index (χ3n) is 4.79. The lowest BCUT2D eigenvalue weighted by atomic mass is 10.2. The summed E-state index contributed by atoms with van der Waals surface area (Å²) >= 11 is 0. The molecule has 0 radical (unpaired) electrons. The van der Waals surface area contributed by atoms with E-state index >= 15 is 0 Å². The molecule has 3 aromatic rings. The zero-order valence-corrected chi connectivity index (χ0v) is 19.5. The van der Waals surface area contributed by atoms with Crippen LogP contribution in [0.4, 0.5) is 49.9 Å². The number of hydrogen-bond donors (Lipinski definition) is 3. The van der Waals surface area contributed by atoms with Gasteiger partial charge in [0.2, 0.25) is 23.8 Å². The summed E-state index contributed by atoms with van der Waals surface area (Å²) in [4.78, 5) is 26.2. The Hall–Kier alpha value is -4.67. The second-order valence-corrected chi connectivity index (χ2v) is 7.69. The molecule has 4 rings (SSSR count). The Balaban J connectivity index is 1.52. The van der Waals surface area contributed by atoms with Crippen molar-refractivity contribution in [1.82, 2.24) is 20.3 Å². The number of benzene rings is 2. The lowest BCUT2D eigenvalue weighted by molar-refractivity contribution is -0.275. The number of nitrogens with zero attached hydrogens (tertiary/aromatic N) is 5. The van der Waals surface area contributed by atoms with Crippen molar-refractivity contribution in [2.24, 2.45) is 5.10 Å². The number of rotatable bonds is 8. The SMILES string of the molecule is O=C1CNCCN1c1nc(N/N=C/c2ccc(OC(F)(F)F)cc2)nc(Nc2ccc(OC(F)(F)F)cc2)n1. The Morgan fingerprint density at radius 2 is 1.46 bits per heavy atom. The molecule has 0 atom stereocenters. The maximum absolute atomic E-state index is 12.4. The summed E-state index contributed by atoms with van der Waals surface area (Å²) in [5, 5.41) is 9.68. The standard InChI is InChI=1S/C22H18F6N8O3/c23-21(24,25)38-15-5-1-13(2-6-15)11-30-35-19-32-18(33-20(34-19)36-10-9-29-12-17(36)37)31-14-3-7-16(8-4-14)39-22(26,27)28/h1-8,11,29H,9-10,12H2,(H2,31,32,33,34,35)/b30-11+. The van der Waals surface area contributed by atoms with Gasteiger partial charge in [0.15, 0.2) is 0 Å². The fourth-order valence-electron chi connectivity index (χ4n) is 3.20. The summed E-state index contributed by atoms with van der Waals surface area (Å²) in [7, 11) is 0. The molecule has 0 bridgehead atoms. The van der Waals surface area contributed by atoms with Gasteiger partial charge in [-0.25, -0.2) is 5.43 Å². The monoisotopic (exact) mass is 556 g/mol. The number of nitrogens with one attached hydrogen (secondary N) is 3. The Morgan fingerprint density at radius 3 is 2.05 bits per heavy atom. The second kappa shape index (κ2) is 11.4. The van der Waals surface area contributed by atoms with E-state index in [4.69, 9.17) is 0 Å². The van der Waals surface area contributed by atoms with E-state index in [1.807, 2.05) is 0 Å². The summed E-state index contributed by atoms with van der Waals surface area (Å²) in [5.41, 5.74) is 3.29. The van der Waals surface area contributed by atoms with E-state index < -0.39 is 24.2 Å². The molecule has 0 saturated carbocycles. The van der Waals surface area contributed by atoms with Gasteiger partial charge in [-0.05, 0) is 54.1 Å². The van der Waals surface area contributed by atoms with Gasteiger partial charge in [0.25, 0.3) is 0 Å². The highest BCUT2D eigenvalue weighted by Crippen LogP contribution is 2.26. The Kier molecular flexibility index (Phi) is 7.99. The average molecular weight is 556 g/mol. The number of carbonyl (C=O) groups excluding carboxylic acids is 1. The number of carbonyl (C=O) groups is 1.